The van der Waals surface area contributed by atoms with Crippen molar-refractivity contribution in [3.63, 3.8) is 0 Å². The summed E-state index contributed by atoms with van der Waals surface area (Å²) in [6.07, 6.45) is 0.961. The van der Waals surface area contributed by atoms with Crippen molar-refractivity contribution in [3.8, 4) is 0 Å². The molecule has 0 aliphatic heterocycles. The van der Waals surface area contributed by atoms with Gasteiger partial charge in [0.05, 0.1) is 4.90 Å². The summed E-state index contributed by atoms with van der Waals surface area (Å²) < 4.78 is 27.2. The number of nitrogens with one attached hydrogen (secondary N) is 2. The van der Waals surface area contributed by atoms with Crippen LogP contribution >= 0.6 is 0 Å². The quantitative estimate of drug-likeness (QED) is 0.798. The van der Waals surface area contributed by atoms with E-state index in [4.69, 9.17) is 0 Å². The summed E-state index contributed by atoms with van der Waals surface area (Å²) in [5, 5.41) is 11.1. The van der Waals surface area contributed by atoms with E-state index in [9.17, 15) is 8.42 Å². The summed E-state index contributed by atoms with van der Waals surface area (Å²) in [5.74, 6) is 1.16. The molecular weight excluding hydrogens is 324 g/mol. The Morgan fingerprint density at radius 3 is 2.04 bits per heavy atom. The van der Waals surface area contributed by atoms with Gasteiger partial charge >= 0.3 is 0 Å². The number of hydrogen-bond donors (Lipinski definition) is 2. The molecule has 1 unspecified atom stereocenters. The van der Waals surface area contributed by atoms with Crippen LogP contribution in [-0.4, -0.2) is 24.7 Å². The molecule has 0 aliphatic carbocycles. The normalized spacial score (nSPS) is 12.9. The molecule has 1 aromatic carbocycles. The maximum absolute atomic E-state index is 12.4. The van der Waals surface area contributed by atoms with Gasteiger partial charge in [0.2, 0.25) is 0 Å². The van der Waals surface area contributed by atoms with Crippen LogP contribution < -0.4 is 10.0 Å². The third kappa shape index (κ3) is 4.67. The zero-order chi connectivity index (χ0) is 17.7. The fourth-order valence-electron chi connectivity index (χ4n) is 2.05. The number of rotatable bonds is 7. The van der Waals surface area contributed by atoms with Crippen molar-refractivity contribution in [1.29, 1.82) is 0 Å². The van der Waals surface area contributed by atoms with Gasteiger partial charge in [0.15, 0.2) is 5.82 Å². The van der Waals surface area contributed by atoms with Crippen molar-refractivity contribution in [3.05, 3.63) is 42.0 Å². The fraction of sp³-hybridized carbons (Fsp3) is 0.412. The molecule has 0 bridgehead atoms. The SMILES string of the molecule is CCC(C)Nc1ccc(NS(=O)(=O)c2ccc(C(C)C)cc2)nn1. The van der Waals surface area contributed by atoms with Gasteiger partial charge in [-0.3, -0.25) is 4.72 Å². The molecule has 0 radical (unpaired) electrons. The highest BCUT2D eigenvalue weighted by molar-refractivity contribution is 7.92. The Labute approximate surface area is 143 Å². The molecule has 7 heteroatoms. The van der Waals surface area contributed by atoms with Crippen LogP contribution in [-0.2, 0) is 10.0 Å². The van der Waals surface area contributed by atoms with Gasteiger partial charge in [0, 0.05) is 6.04 Å². The summed E-state index contributed by atoms with van der Waals surface area (Å²) in [6.45, 7) is 8.23. The minimum Gasteiger partial charge on any atom is -0.366 e. The van der Waals surface area contributed by atoms with Gasteiger partial charge in [-0.25, -0.2) is 8.42 Å². The average molecular weight is 348 g/mol. The first kappa shape index (κ1) is 18.2. The highest BCUT2D eigenvalue weighted by Crippen LogP contribution is 2.19. The maximum atomic E-state index is 12.4. The molecule has 0 saturated carbocycles. The van der Waals surface area contributed by atoms with Crippen LogP contribution in [0.3, 0.4) is 0 Å². The van der Waals surface area contributed by atoms with Crippen molar-refractivity contribution in [1.82, 2.24) is 10.2 Å². The first-order valence-corrected chi connectivity index (χ1v) is 9.53. The number of sulfonamides is 1. The molecular formula is C17H24N4O2S. The van der Waals surface area contributed by atoms with E-state index < -0.39 is 10.0 Å². The van der Waals surface area contributed by atoms with Crippen molar-refractivity contribution in [2.45, 2.75) is 51.0 Å². The molecule has 0 amide bonds. The molecule has 0 saturated heterocycles. The fourth-order valence-corrected chi connectivity index (χ4v) is 3.04. The molecule has 2 rings (SSSR count). The lowest BCUT2D eigenvalue weighted by Gasteiger charge is -2.12. The Morgan fingerprint density at radius 1 is 0.958 bits per heavy atom. The molecule has 2 N–H and O–H groups in total. The Kier molecular flexibility index (Phi) is 5.77. The average Bonchev–Trinajstić information content (AvgIpc) is 2.56. The third-order valence-electron chi connectivity index (χ3n) is 3.77. The number of anilines is 2. The second-order valence-corrected chi connectivity index (χ2v) is 7.77. The zero-order valence-electron chi connectivity index (χ0n) is 14.4. The van der Waals surface area contributed by atoms with E-state index in [1.165, 1.54) is 0 Å². The van der Waals surface area contributed by atoms with Crippen molar-refractivity contribution < 1.29 is 8.42 Å². The topological polar surface area (TPSA) is 84.0 Å². The second-order valence-electron chi connectivity index (χ2n) is 6.09. The molecule has 1 aromatic heterocycles. The monoisotopic (exact) mass is 348 g/mol. The van der Waals surface area contributed by atoms with Gasteiger partial charge < -0.3 is 5.32 Å². The molecule has 1 atom stereocenters. The van der Waals surface area contributed by atoms with Gasteiger partial charge in [-0.05, 0) is 49.1 Å². The maximum Gasteiger partial charge on any atom is 0.263 e. The van der Waals surface area contributed by atoms with Gasteiger partial charge in [0.1, 0.15) is 5.82 Å². The van der Waals surface area contributed by atoms with Gasteiger partial charge in [-0.2, -0.15) is 0 Å². The Morgan fingerprint density at radius 2 is 1.54 bits per heavy atom. The number of hydrogen-bond acceptors (Lipinski definition) is 5. The molecule has 0 fully saturated rings. The predicted molar refractivity (Wildman–Crippen MR) is 96.7 cm³/mol. The van der Waals surface area contributed by atoms with Crippen molar-refractivity contribution >= 4 is 21.7 Å². The number of nitrogens with zero attached hydrogens (tertiary/aromatic N) is 2. The summed E-state index contributed by atoms with van der Waals surface area (Å²) in [6, 6.07) is 10.4. The predicted octanol–water partition coefficient (Wildman–Crippen LogP) is 3.61. The van der Waals surface area contributed by atoms with E-state index >= 15 is 0 Å². The van der Waals surface area contributed by atoms with Crippen LogP contribution in [0.5, 0.6) is 0 Å². The van der Waals surface area contributed by atoms with E-state index in [1.807, 2.05) is 19.1 Å². The molecule has 0 spiro atoms. The Bertz CT molecular complexity index is 756. The molecule has 130 valence electrons. The van der Waals surface area contributed by atoms with Gasteiger partial charge in [0.25, 0.3) is 10.0 Å². The molecule has 2 aromatic rings. The summed E-state index contributed by atoms with van der Waals surface area (Å²) in [5.41, 5.74) is 1.09. The van der Waals surface area contributed by atoms with Crippen LogP contribution in [0.1, 0.15) is 45.6 Å². The first-order valence-electron chi connectivity index (χ1n) is 8.05. The summed E-state index contributed by atoms with van der Waals surface area (Å²) in [7, 11) is -3.67. The van der Waals surface area contributed by atoms with E-state index in [2.05, 4.69) is 41.0 Å². The number of aromatic nitrogens is 2. The Hall–Kier alpha value is -2.15. The zero-order valence-corrected chi connectivity index (χ0v) is 15.3. The van der Waals surface area contributed by atoms with Crippen LogP contribution in [0.2, 0.25) is 0 Å². The van der Waals surface area contributed by atoms with E-state index in [0.717, 1.165) is 12.0 Å². The van der Waals surface area contributed by atoms with Crippen molar-refractivity contribution in [2.24, 2.45) is 0 Å². The summed E-state index contributed by atoms with van der Waals surface area (Å²) >= 11 is 0. The smallest absolute Gasteiger partial charge is 0.263 e. The molecule has 24 heavy (non-hydrogen) atoms. The largest absolute Gasteiger partial charge is 0.366 e. The number of benzene rings is 1. The van der Waals surface area contributed by atoms with Gasteiger partial charge in [-0.1, -0.05) is 32.9 Å². The molecule has 0 aliphatic rings. The lowest BCUT2D eigenvalue weighted by atomic mass is 10.0. The van der Waals surface area contributed by atoms with E-state index in [-0.39, 0.29) is 16.8 Å². The van der Waals surface area contributed by atoms with Gasteiger partial charge in [-0.15, -0.1) is 10.2 Å². The molecule has 6 nitrogen and oxygen atoms in total. The minimum absolute atomic E-state index is 0.192. The van der Waals surface area contributed by atoms with E-state index in [0.29, 0.717) is 11.7 Å². The minimum atomic E-state index is -3.67. The van der Waals surface area contributed by atoms with Crippen LogP contribution in [0.25, 0.3) is 0 Å². The first-order chi connectivity index (χ1) is 11.3. The standard InChI is InChI=1S/C17H24N4O2S/c1-5-13(4)18-16-10-11-17(20-19-16)21-24(22,23)15-8-6-14(7-9-15)12(2)3/h6-13H,5H2,1-4H3,(H,18,19)(H,20,21). The summed E-state index contributed by atoms with van der Waals surface area (Å²) in [4.78, 5) is 0.204. The Balaban J connectivity index is 2.11. The van der Waals surface area contributed by atoms with Crippen LogP contribution in [0, 0.1) is 0 Å². The van der Waals surface area contributed by atoms with Crippen LogP contribution in [0.4, 0.5) is 11.6 Å². The highest BCUT2D eigenvalue weighted by atomic mass is 32.2. The molecule has 1 heterocycles. The third-order valence-corrected chi connectivity index (χ3v) is 5.14. The lowest BCUT2D eigenvalue weighted by molar-refractivity contribution is 0.601. The van der Waals surface area contributed by atoms with Crippen molar-refractivity contribution in [2.75, 3.05) is 10.0 Å². The van der Waals surface area contributed by atoms with Crippen LogP contribution in [0.15, 0.2) is 41.3 Å². The second kappa shape index (κ2) is 7.61. The van der Waals surface area contributed by atoms with E-state index in [1.54, 1.807) is 24.3 Å². The lowest BCUT2D eigenvalue weighted by Crippen LogP contribution is -2.17. The highest BCUT2D eigenvalue weighted by Gasteiger charge is 2.15.